The number of nitrogens with zero attached hydrogens (tertiary/aromatic N) is 4. The first-order valence-corrected chi connectivity index (χ1v) is 5.36. The summed E-state index contributed by atoms with van der Waals surface area (Å²) in [7, 11) is 1.98. The molecule has 2 rings (SSSR count). The van der Waals surface area contributed by atoms with E-state index in [1.807, 2.05) is 31.0 Å². The maximum atomic E-state index is 5.54. The second kappa shape index (κ2) is 4.78. The summed E-state index contributed by atoms with van der Waals surface area (Å²) in [5, 5.41) is 0. The molecule has 0 aliphatic rings. The van der Waals surface area contributed by atoms with Gasteiger partial charge in [0.25, 0.3) is 0 Å². The average Bonchev–Trinajstić information content (AvgIpc) is 2.32. The van der Waals surface area contributed by atoms with Crippen molar-refractivity contribution in [1.29, 1.82) is 0 Å². The van der Waals surface area contributed by atoms with E-state index in [4.69, 9.17) is 5.73 Å². The van der Waals surface area contributed by atoms with Crippen LogP contribution in [0.1, 0.15) is 11.4 Å². The van der Waals surface area contributed by atoms with Crippen LogP contribution in [0.25, 0.3) is 0 Å². The minimum atomic E-state index is 0.536. The minimum Gasteiger partial charge on any atom is -0.384 e. The number of aryl methyl sites for hydroxylation is 1. The van der Waals surface area contributed by atoms with Gasteiger partial charge in [0.1, 0.15) is 17.5 Å². The van der Waals surface area contributed by atoms with Crippen molar-refractivity contribution < 1.29 is 0 Å². The van der Waals surface area contributed by atoms with Crippen LogP contribution in [0.5, 0.6) is 0 Å². The molecule has 2 aromatic heterocycles. The number of rotatable bonds is 3. The summed E-state index contributed by atoms with van der Waals surface area (Å²) >= 11 is 0. The van der Waals surface area contributed by atoms with Crippen LogP contribution in [0, 0.1) is 6.92 Å². The van der Waals surface area contributed by atoms with Crippen LogP contribution in [0.2, 0.25) is 0 Å². The van der Waals surface area contributed by atoms with Crippen molar-refractivity contribution in [3.63, 3.8) is 0 Å². The third-order valence-electron chi connectivity index (χ3n) is 2.42. The van der Waals surface area contributed by atoms with Crippen LogP contribution in [-0.4, -0.2) is 22.0 Å². The molecule has 0 fully saturated rings. The highest BCUT2D eigenvalue weighted by molar-refractivity contribution is 5.38. The molecule has 0 spiro atoms. The summed E-state index contributed by atoms with van der Waals surface area (Å²) in [6.07, 6.45) is 3.54. The van der Waals surface area contributed by atoms with Crippen LogP contribution in [-0.2, 0) is 6.54 Å². The molecule has 2 heterocycles. The lowest BCUT2D eigenvalue weighted by molar-refractivity contribution is 0.875. The molecule has 2 N–H and O–H groups in total. The fourth-order valence-electron chi connectivity index (χ4n) is 1.54. The maximum absolute atomic E-state index is 5.54. The fraction of sp³-hybridized carbons (Fsp3) is 0.250. The van der Waals surface area contributed by atoms with Crippen LogP contribution in [0.15, 0.2) is 30.6 Å². The molecule has 0 atom stereocenters. The molecular formula is C12H15N5. The third kappa shape index (κ3) is 2.90. The first kappa shape index (κ1) is 11.3. The Labute approximate surface area is 100 Å². The molecule has 0 amide bonds. The number of anilines is 2. The Kier molecular flexibility index (Phi) is 3.18. The lowest BCUT2D eigenvalue weighted by atomic mass is 10.2. The number of pyridine rings is 1. The van der Waals surface area contributed by atoms with E-state index in [2.05, 4.69) is 15.0 Å². The van der Waals surface area contributed by atoms with Crippen molar-refractivity contribution in [2.75, 3.05) is 17.7 Å². The average molecular weight is 229 g/mol. The highest BCUT2D eigenvalue weighted by Crippen LogP contribution is 2.12. The Morgan fingerprint density at radius 1 is 1.24 bits per heavy atom. The molecular weight excluding hydrogens is 214 g/mol. The second-order valence-electron chi connectivity index (χ2n) is 3.91. The van der Waals surface area contributed by atoms with Crippen molar-refractivity contribution in [2.24, 2.45) is 0 Å². The summed E-state index contributed by atoms with van der Waals surface area (Å²) in [6.45, 7) is 2.62. The number of aromatic nitrogens is 3. The smallest absolute Gasteiger partial charge is 0.132 e. The molecule has 5 nitrogen and oxygen atoms in total. The summed E-state index contributed by atoms with van der Waals surface area (Å²) < 4.78 is 0. The van der Waals surface area contributed by atoms with Gasteiger partial charge in [0.2, 0.25) is 0 Å². The van der Waals surface area contributed by atoms with Crippen molar-refractivity contribution in [2.45, 2.75) is 13.5 Å². The molecule has 0 saturated carbocycles. The zero-order valence-electron chi connectivity index (χ0n) is 9.96. The molecule has 0 saturated heterocycles. The van der Waals surface area contributed by atoms with E-state index in [1.165, 1.54) is 0 Å². The van der Waals surface area contributed by atoms with Gasteiger partial charge in [-0.2, -0.15) is 0 Å². The normalized spacial score (nSPS) is 10.2. The lowest BCUT2D eigenvalue weighted by Gasteiger charge is -2.18. The van der Waals surface area contributed by atoms with Gasteiger partial charge >= 0.3 is 0 Å². The largest absolute Gasteiger partial charge is 0.384 e. The van der Waals surface area contributed by atoms with Gasteiger partial charge < -0.3 is 10.6 Å². The Morgan fingerprint density at radius 2 is 2.06 bits per heavy atom. The minimum absolute atomic E-state index is 0.536. The molecule has 0 bridgehead atoms. The van der Waals surface area contributed by atoms with Gasteiger partial charge in [-0.1, -0.05) is 6.07 Å². The second-order valence-corrected chi connectivity index (χ2v) is 3.91. The highest BCUT2D eigenvalue weighted by atomic mass is 15.2. The van der Waals surface area contributed by atoms with Crippen molar-refractivity contribution in [3.05, 3.63) is 42.0 Å². The molecule has 5 heteroatoms. The van der Waals surface area contributed by atoms with Gasteiger partial charge in [-0.15, -0.1) is 0 Å². The van der Waals surface area contributed by atoms with E-state index < -0.39 is 0 Å². The molecule has 0 unspecified atom stereocenters. The lowest BCUT2D eigenvalue weighted by Crippen LogP contribution is -2.18. The fourth-order valence-corrected chi connectivity index (χ4v) is 1.54. The van der Waals surface area contributed by atoms with Gasteiger partial charge in [0.15, 0.2) is 0 Å². The maximum Gasteiger partial charge on any atom is 0.132 e. The van der Waals surface area contributed by atoms with Crippen LogP contribution < -0.4 is 10.6 Å². The molecule has 0 radical (unpaired) electrons. The van der Waals surface area contributed by atoms with Crippen LogP contribution in [0.3, 0.4) is 0 Å². The first-order valence-electron chi connectivity index (χ1n) is 5.36. The number of nitrogens with two attached hydrogens (primary N) is 1. The quantitative estimate of drug-likeness (QED) is 0.861. The zero-order chi connectivity index (χ0) is 12.3. The van der Waals surface area contributed by atoms with Gasteiger partial charge in [-0.25, -0.2) is 15.0 Å². The predicted octanol–water partition coefficient (Wildman–Crippen LogP) is 1.40. The van der Waals surface area contributed by atoms with E-state index in [1.54, 1.807) is 18.5 Å². The van der Waals surface area contributed by atoms with E-state index in [0.717, 1.165) is 23.8 Å². The standard InChI is InChI=1S/C12H15N5/c1-9-14-6-5-12(16-9)17(2)8-10-3-4-11(13)15-7-10/h3-7H,8H2,1-2H3,(H2,13,15). The molecule has 0 aliphatic heterocycles. The summed E-state index contributed by atoms with van der Waals surface area (Å²) in [5.74, 6) is 2.20. The van der Waals surface area contributed by atoms with Crippen molar-refractivity contribution in [3.8, 4) is 0 Å². The molecule has 2 aromatic rings. The monoisotopic (exact) mass is 229 g/mol. The number of nitrogen functional groups attached to an aromatic ring is 1. The van der Waals surface area contributed by atoms with E-state index >= 15 is 0 Å². The zero-order valence-corrected chi connectivity index (χ0v) is 9.96. The van der Waals surface area contributed by atoms with Crippen LogP contribution >= 0.6 is 0 Å². The summed E-state index contributed by atoms with van der Waals surface area (Å²) in [5.41, 5.74) is 6.64. The molecule has 88 valence electrons. The van der Waals surface area contributed by atoms with Crippen molar-refractivity contribution >= 4 is 11.6 Å². The summed E-state index contributed by atoms with van der Waals surface area (Å²) in [4.78, 5) is 14.5. The Balaban J connectivity index is 2.11. The third-order valence-corrected chi connectivity index (χ3v) is 2.42. The van der Waals surface area contributed by atoms with E-state index in [9.17, 15) is 0 Å². The van der Waals surface area contributed by atoms with E-state index in [-0.39, 0.29) is 0 Å². The number of hydrogen-bond donors (Lipinski definition) is 1. The Hall–Kier alpha value is -2.17. The van der Waals surface area contributed by atoms with E-state index in [0.29, 0.717) is 5.82 Å². The SMILES string of the molecule is Cc1nccc(N(C)Cc2ccc(N)nc2)n1. The van der Waals surface area contributed by atoms with Crippen LogP contribution in [0.4, 0.5) is 11.6 Å². The summed E-state index contributed by atoms with van der Waals surface area (Å²) in [6, 6.07) is 5.65. The van der Waals surface area contributed by atoms with Gasteiger partial charge in [0, 0.05) is 26.0 Å². The first-order chi connectivity index (χ1) is 8.15. The van der Waals surface area contributed by atoms with Crippen molar-refractivity contribution in [1.82, 2.24) is 15.0 Å². The Morgan fingerprint density at radius 3 is 2.71 bits per heavy atom. The highest BCUT2D eigenvalue weighted by Gasteiger charge is 2.04. The molecule has 0 aliphatic carbocycles. The van der Waals surface area contributed by atoms with Gasteiger partial charge in [-0.05, 0) is 24.6 Å². The molecule has 0 aromatic carbocycles. The molecule has 17 heavy (non-hydrogen) atoms. The number of hydrogen-bond acceptors (Lipinski definition) is 5. The predicted molar refractivity (Wildman–Crippen MR) is 67.5 cm³/mol. The Bertz CT molecular complexity index is 495. The van der Waals surface area contributed by atoms with Gasteiger partial charge in [0.05, 0.1) is 0 Å². The topological polar surface area (TPSA) is 67.9 Å². The van der Waals surface area contributed by atoms with Gasteiger partial charge in [-0.3, -0.25) is 0 Å².